The number of carbonyl (C=O) groups is 1. The third-order valence-corrected chi connectivity index (χ3v) is 6.28. The number of ether oxygens (including phenoxy) is 1. The minimum Gasteiger partial charge on any atom is -0.493 e. The number of carbonyl (C=O) groups excluding carboxylic acids is 1. The average molecular weight is 399 g/mol. The van der Waals surface area contributed by atoms with Gasteiger partial charge in [0.25, 0.3) is 0 Å². The van der Waals surface area contributed by atoms with Crippen molar-refractivity contribution in [3.8, 4) is 11.5 Å². The Labute approximate surface area is 164 Å². The monoisotopic (exact) mass is 399 g/mol. The van der Waals surface area contributed by atoms with Gasteiger partial charge in [-0.05, 0) is 53.5 Å². The van der Waals surface area contributed by atoms with Crippen LogP contribution in [-0.2, 0) is 21.3 Å². The highest BCUT2D eigenvalue weighted by Gasteiger charge is 2.21. The number of nitrogens with zero attached hydrogens (tertiary/aromatic N) is 1. The lowest BCUT2D eigenvalue weighted by Gasteiger charge is -2.25. The van der Waals surface area contributed by atoms with Gasteiger partial charge in [0.1, 0.15) is 16.4 Å². The molecule has 0 unspecified atom stereocenters. The molecule has 2 heterocycles. The van der Waals surface area contributed by atoms with Gasteiger partial charge in [0.05, 0.1) is 6.61 Å². The van der Waals surface area contributed by atoms with E-state index in [1.807, 2.05) is 18.2 Å². The Bertz CT molecular complexity index is 1040. The van der Waals surface area contributed by atoms with E-state index in [9.17, 15) is 13.2 Å². The first-order chi connectivity index (χ1) is 13.4. The lowest BCUT2D eigenvalue weighted by molar-refractivity contribution is -0.128. The first kappa shape index (κ1) is 18.6. The molecule has 0 atom stereocenters. The second kappa shape index (κ2) is 7.31. The maximum Gasteiger partial charge on any atom is 0.339 e. The number of rotatable bonds is 4. The number of amides is 1. The molecular formula is C21H21NO5S. The standard InChI is InChI=1S/C21H21NO5S/c1-15(23)22-11-8-17(9-12-22)16-2-4-19(5-3-16)27-28(24,25)20-6-7-21-18(14-20)10-13-26-21/h2-8,14H,9-13H2,1H3. The topological polar surface area (TPSA) is 72.9 Å². The van der Waals surface area contributed by atoms with Crippen molar-refractivity contribution in [3.63, 3.8) is 0 Å². The molecular weight excluding hydrogens is 378 g/mol. The molecule has 0 aliphatic carbocycles. The van der Waals surface area contributed by atoms with Gasteiger partial charge in [-0.2, -0.15) is 8.42 Å². The first-order valence-electron chi connectivity index (χ1n) is 9.17. The van der Waals surface area contributed by atoms with E-state index in [1.54, 1.807) is 36.1 Å². The van der Waals surface area contributed by atoms with Crippen molar-refractivity contribution in [2.24, 2.45) is 0 Å². The highest BCUT2D eigenvalue weighted by molar-refractivity contribution is 7.87. The van der Waals surface area contributed by atoms with Gasteiger partial charge in [-0.15, -0.1) is 0 Å². The van der Waals surface area contributed by atoms with Crippen LogP contribution in [0.2, 0.25) is 0 Å². The summed E-state index contributed by atoms with van der Waals surface area (Å²) in [5, 5.41) is 0. The van der Waals surface area contributed by atoms with Crippen molar-refractivity contribution in [1.82, 2.24) is 4.90 Å². The number of hydrogen-bond acceptors (Lipinski definition) is 5. The van der Waals surface area contributed by atoms with Crippen LogP contribution >= 0.6 is 0 Å². The summed E-state index contributed by atoms with van der Waals surface area (Å²) in [6.07, 6.45) is 3.50. The van der Waals surface area contributed by atoms with Crippen molar-refractivity contribution in [1.29, 1.82) is 0 Å². The van der Waals surface area contributed by atoms with Gasteiger partial charge in [-0.25, -0.2) is 0 Å². The summed E-state index contributed by atoms with van der Waals surface area (Å²) in [5.74, 6) is 1.07. The Morgan fingerprint density at radius 3 is 2.57 bits per heavy atom. The molecule has 0 spiro atoms. The van der Waals surface area contributed by atoms with Gasteiger partial charge in [0.15, 0.2) is 0 Å². The maximum atomic E-state index is 12.6. The summed E-state index contributed by atoms with van der Waals surface area (Å²) in [5.41, 5.74) is 3.03. The van der Waals surface area contributed by atoms with Crippen molar-refractivity contribution in [2.75, 3.05) is 19.7 Å². The van der Waals surface area contributed by atoms with E-state index >= 15 is 0 Å². The lowest BCUT2D eigenvalue weighted by Crippen LogP contribution is -2.32. The van der Waals surface area contributed by atoms with E-state index in [0.717, 1.165) is 28.9 Å². The molecule has 0 aromatic heterocycles. The summed E-state index contributed by atoms with van der Waals surface area (Å²) in [6.45, 7) is 3.43. The van der Waals surface area contributed by atoms with Crippen molar-refractivity contribution >= 4 is 21.6 Å². The third-order valence-electron chi connectivity index (χ3n) is 5.04. The van der Waals surface area contributed by atoms with Crippen LogP contribution in [0.1, 0.15) is 24.5 Å². The second-order valence-corrected chi connectivity index (χ2v) is 8.42. The molecule has 0 N–H and O–H groups in total. The van der Waals surface area contributed by atoms with Gasteiger partial charge in [0.2, 0.25) is 5.91 Å². The number of hydrogen-bond donors (Lipinski definition) is 0. The van der Waals surface area contributed by atoms with Gasteiger partial charge in [-0.1, -0.05) is 18.2 Å². The first-order valence-corrected chi connectivity index (χ1v) is 10.6. The van der Waals surface area contributed by atoms with Crippen LogP contribution in [0.3, 0.4) is 0 Å². The van der Waals surface area contributed by atoms with Crippen LogP contribution in [0.5, 0.6) is 11.5 Å². The predicted octanol–water partition coefficient (Wildman–Crippen LogP) is 3.02. The molecule has 4 rings (SSSR count). The molecule has 28 heavy (non-hydrogen) atoms. The Morgan fingerprint density at radius 1 is 1.11 bits per heavy atom. The second-order valence-electron chi connectivity index (χ2n) is 6.87. The average Bonchev–Trinajstić information content (AvgIpc) is 3.16. The zero-order valence-electron chi connectivity index (χ0n) is 15.6. The third kappa shape index (κ3) is 3.75. The van der Waals surface area contributed by atoms with Crippen molar-refractivity contribution in [3.05, 3.63) is 59.7 Å². The molecule has 2 aromatic rings. The van der Waals surface area contributed by atoms with E-state index in [1.165, 1.54) is 6.07 Å². The van der Waals surface area contributed by atoms with E-state index in [4.69, 9.17) is 8.92 Å². The van der Waals surface area contributed by atoms with Crippen LogP contribution < -0.4 is 8.92 Å². The van der Waals surface area contributed by atoms with Crippen LogP contribution in [-0.4, -0.2) is 38.9 Å². The largest absolute Gasteiger partial charge is 0.493 e. The van der Waals surface area contributed by atoms with Gasteiger partial charge in [-0.3, -0.25) is 4.79 Å². The molecule has 2 aromatic carbocycles. The minimum absolute atomic E-state index is 0.0716. The summed E-state index contributed by atoms with van der Waals surface area (Å²) < 4.78 is 35.9. The SMILES string of the molecule is CC(=O)N1CC=C(c2ccc(OS(=O)(=O)c3ccc4c(c3)CCO4)cc2)CC1. The highest BCUT2D eigenvalue weighted by Crippen LogP contribution is 2.30. The number of benzene rings is 2. The fourth-order valence-corrected chi connectivity index (χ4v) is 4.42. The van der Waals surface area contributed by atoms with Gasteiger partial charge in [0, 0.05) is 26.4 Å². The summed E-state index contributed by atoms with van der Waals surface area (Å²) >= 11 is 0. The van der Waals surface area contributed by atoms with Crippen LogP contribution in [0.25, 0.3) is 5.57 Å². The molecule has 0 radical (unpaired) electrons. The zero-order valence-corrected chi connectivity index (χ0v) is 16.4. The minimum atomic E-state index is -3.90. The van der Waals surface area contributed by atoms with Crippen LogP contribution in [0, 0.1) is 0 Å². The molecule has 6 nitrogen and oxygen atoms in total. The van der Waals surface area contributed by atoms with E-state index in [-0.39, 0.29) is 16.6 Å². The maximum absolute atomic E-state index is 12.6. The van der Waals surface area contributed by atoms with Crippen LogP contribution in [0.15, 0.2) is 53.4 Å². The molecule has 1 amide bonds. The molecule has 0 fully saturated rings. The Balaban J connectivity index is 1.48. The normalized spacial score (nSPS) is 16.2. The highest BCUT2D eigenvalue weighted by atomic mass is 32.2. The van der Waals surface area contributed by atoms with E-state index in [0.29, 0.717) is 26.1 Å². The van der Waals surface area contributed by atoms with E-state index < -0.39 is 10.1 Å². The molecule has 146 valence electrons. The molecule has 2 aliphatic rings. The molecule has 2 aliphatic heterocycles. The fourth-order valence-electron chi connectivity index (χ4n) is 3.44. The summed E-state index contributed by atoms with van der Waals surface area (Å²) in [4.78, 5) is 13.3. The molecule has 7 heteroatoms. The van der Waals surface area contributed by atoms with Crippen LogP contribution in [0.4, 0.5) is 0 Å². The van der Waals surface area contributed by atoms with Crippen molar-refractivity contribution < 1.29 is 22.1 Å². The summed E-state index contributed by atoms with van der Waals surface area (Å²) in [6, 6.07) is 11.8. The predicted molar refractivity (Wildman–Crippen MR) is 105 cm³/mol. The molecule has 0 saturated heterocycles. The van der Waals surface area contributed by atoms with Gasteiger partial charge >= 0.3 is 10.1 Å². The molecule has 0 bridgehead atoms. The number of fused-ring (bicyclic) bond motifs is 1. The summed E-state index contributed by atoms with van der Waals surface area (Å²) in [7, 11) is -3.90. The van der Waals surface area contributed by atoms with Gasteiger partial charge < -0.3 is 13.8 Å². The lowest BCUT2D eigenvalue weighted by atomic mass is 9.99. The Morgan fingerprint density at radius 2 is 1.89 bits per heavy atom. The fraction of sp³-hybridized carbons (Fsp3) is 0.286. The van der Waals surface area contributed by atoms with Crippen molar-refractivity contribution in [2.45, 2.75) is 24.7 Å². The Kier molecular flexibility index (Phi) is 4.85. The zero-order chi connectivity index (χ0) is 19.7. The molecule has 0 saturated carbocycles. The van der Waals surface area contributed by atoms with E-state index in [2.05, 4.69) is 0 Å². The Hall–Kier alpha value is -2.80. The smallest absolute Gasteiger partial charge is 0.339 e. The quantitative estimate of drug-likeness (QED) is 0.739.